The smallest absolute Gasteiger partial charge is 0.301 e. The van der Waals surface area contributed by atoms with Crippen LogP contribution in [0.5, 0.6) is 0 Å². The van der Waals surface area contributed by atoms with Crippen LogP contribution in [0.3, 0.4) is 0 Å². The van der Waals surface area contributed by atoms with Crippen LogP contribution >= 0.6 is 11.6 Å². The first-order chi connectivity index (χ1) is 17.9. The first kappa shape index (κ1) is 26.2. The van der Waals surface area contributed by atoms with E-state index in [0.717, 1.165) is 0 Å². The van der Waals surface area contributed by atoms with Crippen molar-refractivity contribution in [2.75, 3.05) is 17.2 Å². The minimum atomic E-state index is -2.40. The van der Waals surface area contributed by atoms with Gasteiger partial charge in [0.2, 0.25) is 0 Å². The number of hydrogen-bond acceptors (Lipinski definition) is 5. The molecular weight excluding hydrogens is 514 g/mol. The summed E-state index contributed by atoms with van der Waals surface area (Å²) in [4.78, 5) is 30.2. The Morgan fingerprint density at radius 2 is 1.65 bits per heavy atom. The van der Waals surface area contributed by atoms with Crippen molar-refractivity contribution in [3.63, 3.8) is 0 Å². The first-order valence-electron chi connectivity index (χ1n) is 11.2. The quantitative estimate of drug-likeness (QED) is 0.240. The van der Waals surface area contributed by atoms with Gasteiger partial charge in [-0.05, 0) is 66.6 Å². The molecule has 0 saturated carbocycles. The normalized spacial score (nSPS) is 11.5. The minimum Gasteiger partial charge on any atom is -0.322 e. The number of nitrogens with zero attached hydrogens (tertiary/aromatic N) is 1. The molecular formula is C27H22ClN3O5S. The standard InChI is InChI=1S/C27H22ClN3O5S/c28-23-12-11-21(17-22(23)24-8-4-5-14-29-24)30-27(33)20-10-9-18(13-15-36-37(34)35)25(16-20)31-26(32)19-6-2-1-3-7-19/h1-12,14,16-17H,13,15H2,(H,30,33)(H,31,32)(H,34,35). The Kier molecular flexibility index (Phi) is 8.76. The Morgan fingerprint density at radius 1 is 0.892 bits per heavy atom. The van der Waals surface area contributed by atoms with Gasteiger partial charge in [-0.1, -0.05) is 41.9 Å². The van der Waals surface area contributed by atoms with E-state index in [4.69, 9.17) is 20.3 Å². The highest BCUT2D eigenvalue weighted by Crippen LogP contribution is 2.29. The van der Waals surface area contributed by atoms with Gasteiger partial charge in [-0.25, -0.2) is 0 Å². The van der Waals surface area contributed by atoms with E-state index in [9.17, 15) is 13.8 Å². The highest BCUT2D eigenvalue weighted by molar-refractivity contribution is 7.74. The summed E-state index contributed by atoms with van der Waals surface area (Å²) in [5, 5.41) is 6.17. The summed E-state index contributed by atoms with van der Waals surface area (Å²) < 4.78 is 24.4. The molecule has 4 rings (SSSR count). The van der Waals surface area contributed by atoms with Gasteiger partial charge in [-0.15, -0.1) is 0 Å². The van der Waals surface area contributed by atoms with Gasteiger partial charge in [0, 0.05) is 34.3 Å². The number of benzene rings is 3. The molecule has 0 aliphatic carbocycles. The lowest BCUT2D eigenvalue weighted by molar-refractivity contribution is 0.101. The van der Waals surface area contributed by atoms with E-state index in [1.165, 1.54) is 0 Å². The second kappa shape index (κ2) is 12.4. The van der Waals surface area contributed by atoms with Crippen molar-refractivity contribution < 1.29 is 22.5 Å². The van der Waals surface area contributed by atoms with Crippen molar-refractivity contribution in [2.24, 2.45) is 0 Å². The Labute approximate surface area is 221 Å². The third kappa shape index (κ3) is 7.08. The number of rotatable bonds is 9. The molecule has 4 aromatic rings. The highest BCUT2D eigenvalue weighted by Gasteiger charge is 2.15. The molecule has 0 bridgehead atoms. The van der Waals surface area contributed by atoms with Crippen LogP contribution in [-0.4, -0.2) is 32.2 Å². The minimum absolute atomic E-state index is 0.0517. The Bertz CT molecular complexity index is 1430. The first-order valence-corrected chi connectivity index (χ1v) is 12.6. The van der Waals surface area contributed by atoms with E-state index >= 15 is 0 Å². The number of pyridine rings is 1. The summed E-state index contributed by atoms with van der Waals surface area (Å²) in [6.45, 7) is -0.0517. The number of anilines is 2. The van der Waals surface area contributed by atoms with Crippen LogP contribution in [0.2, 0.25) is 5.02 Å². The van der Waals surface area contributed by atoms with Gasteiger partial charge >= 0.3 is 11.4 Å². The summed E-state index contributed by atoms with van der Waals surface area (Å²) in [6.07, 6.45) is 1.90. The number of hydrogen-bond donors (Lipinski definition) is 3. The lowest BCUT2D eigenvalue weighted by Gasteiger charge is -2.14. The third-order valence-corrected chi connectivity index (χ3v) is 6.07. The second-order valence-electron chi connectivity index (χ2n) is 7.84. The summed E-state index contributed by atoms with van der Waals surface area (Å²) >= 11 is 3.94. The maximum atomic E-state index is 13.1. The molecule has 37 heavy (non-hydrogen) atoms. The van der Waals surface area contributed by atoms with E-state index in [-0.39, 0.29) is 18.9 Å². The van der Waals surface area contributed by atoms with Gasteiger partial charge in [0.15, 0.2) is 0 Å². The van der Waals surface area contributed by atoms with Crippen LogP contribution in [0.25, 0.3) is 11.3 Å². The average Bonchev–Trinajstić information content (AvgIpc) is 2.91. The fourth-order valence-electron chi connectivity index (χ4n) is 3.58. The van der Waals surface area contributed by atoms with E-state index < -0.39 is 17.3 Å². The van der Waals surface area contributed by atoms with Gasteiger partial charge in [0.25, 0.3) is 11.8 Å². The zero-order valence-corrected chi connectivity index (χ0v) is 21.0. The molecule has 8 nitrogen and oxygen atoms in total. The molecule has 0 fully saturated rings. The van der Waals surface area contributed by atoms with Crippen LogP contribution in [0.1, 0.15) is 26.3 Å². The third-order valence-electron chi connectivity index (χ3n) is 5.38. The lowest BCUT2D eigenvalue weighted by atomic mass is 10.0. The van der Waals surface area contributed by atoms with Crippen LogP contribution < -0.4 is 10.6 Å². The van der Waals surface area contributed by atoms with E-state index in [1.807, 2.05) is 12.1 Å². The number of carbonyl (C=O) groups is 2. The monoisotopic (exact) mass is 535 g/mol. The van der Waals surface area contributed by atoms with E-state index in [1.54, 1.807) is 79.0 Å². The highest BCUT2D eigenvalue weighted by atomic mass is 35.5. The molecule has 3 N–H and O–H groups in total. The van der Waals surface area contributed by atoms with Crippen molar-refractivity contribution in [3.8, 4) is 11.3 Å². The SMILES string of the molecule is O=C(Nc1ccc(Cl)c(-c2ccccn2)c1)c1ccc(CCOS(=O)O)c(NC(=O)c2ccccc2)c1. The fourth-order valence-corrected chi connectivity index (χ4v) is 4.02. The van der Waals surface area contributed by atoms with Crippen LogP contribution in [-0.2, 0) is 22.0 Å². The maximum Gasteiger partial charge on any atom is 0.301 e. The van der Waals surface area contributed by atoms with Crippen molar-refractivity contribution in [1.29, 1.82) is 0 Å². The molecule has 3 aromatic carbocycles. The predicted molar refractivity (Wildman–Crippen MR) is 144 cm³/mol. The largest absolute Gasteiger partial charge is 0.322 e. The molecule has 0 spiro atoms. The summed E-state index contributed by atoms with van der Waals surface area (Å²) in [5.74, 6) is -0.757. The van der Waals surface area contributed by atoms with Crippen molar-refractivity contribution in [3.05, 3.63) is 113 Å². The molecule has 0 aliphatic heterocycles. The summed E-state index contributed by atoms with van der Waals surface area (Å²) in [7, 11) is 0. The van der Waals surface area contributed by atoms with Crippen molar-refractivity contribution in [1.82, 2.24) is 4.98 Å². The fraction of sp³-hybridized carbons (Fsp3) is 0.0741. The molecule has 0 radical (unpaired) electrons. The number of amides is 2. The summed E-state index contributed by atoms with van der Waals surface area (Å²) in [6, 6.07) is 24.0. The van der Waals surface area contributed by atoms with Crippen molar-refractivity contribution in [2.45, 2.75) is 6.42 Å². The molecule has 1 aromatic heterocycles. The zero-order valence-electron chi connectivity index (χ0n) is 19.4. The second-order valence-corrected chi connectivity index (χ2v) is 8.92. The Hall–Kier alpha value is -3.89. The van der Waals surface area contributed by atoms with Gasteiger partial charge in [0.05, 0.1) is 17.3 Å². The molecule has 0 saturated heterocycles. The molecule has 10 heteroatoms. The van der Waals surface area contributed by atoms with Gasteiger partial charge in [-0.2, -0.15) is 4.21 Å². The molecule has 188 valence electrons. The molecule has 2 amide bonds. The van der Waals surface area contributed by atoms with Gasteiger partial charge in [0.1, 0.15) is 0 Å². The average molecular weight is 536 g/mol. The number of nitrogens with one attached hydrogen (secondary N) is 2. The number of carbonyl (C=O) groups excluding carboxylic acids is 2. The number of aromatic nitrogens is 1. The molecule has 1 unspecified atom stereocenters. The Morgan fingerprint density at radius 3 is 2.38 bits per heavy atom. The predicted octanol–water partition coefficient (Wildman–Crippen LogP) is 5.60. The van der Waals surface area contributed by atoms with Gasteiger partial charge in [-0.3, -0.25) is 23.3 Å². The zero-order chi connectivity index (χ0) is 26.2. The number of halogens is 1. The molecule has 1 heterocycles. The summed E-state index contributed by atoms with van der Waals surface area (Å²) in [5.41, 5.74) is 3.63. The topological polar surface area (TPSA) is 118 Å². The van der Waals surface area contributed by atoms with Crippen LogP contribution in [0.15, 0.2) is 91.1 Å². The lowest BCUT2D eigenvalue weighted by Crippen LogP contribution is -2.16. The van der Waals surface area contributed by atoms with Crippen LogP contribution in [0.4, 0.5) is 11.4 Å². The molecule has 0 aliphatic rings. The molecule has 1 atom stereocenters. The van der Waals surface area contributed by atoms with Gasteiger partial charge < -0.3 is 10.6 Å². The maximum absolute atomic E-state index is 13.1. The van der Waals surface area contributed by atoms with Crippen LogP contribution in [0, 0.1) is 0 Å². The van der Waals surface area contributed by atoms with E-state index in [2.05, 4.69) is 15.6 Å². The van der Waals surface area contributed by atoms with Crippen molar-refractivity contribution >= 4 is 46.2 Å². The van der Waals surface area contributed by atoms with E-state index in [0.29, 0.717) is 44.3 Å². The Balaban J connectivity index is 1.58.